The molecule has 25 heavy (non-hydrogen) atoms. The number of morpholine rings is 1. The van der Waals surface area contributed by atoms with Crippen molar-refractivity contribution in [3.05, 3.63) is 54.1 Å². The lowest BCUT2D eigenvalue weighted by Gasteiger charge is -2.28. The molecular weight excluding hydrogens is 336 g/mol. The molecule has 2 aromatic rings. The number of nitrogens with zero attached hydrogens (tertiary/aromatic N) is 1. The van der Waals surface area contributed by atoms with Gasteiger partial charge in [-0.05, 0) is 48.4 Å². The summed E-state index contributed by atoms with van der Waals surface area (Å²) in [6.45, 7) is 3.31. The second-order valence-electron chi connectivity index (χ2n) is 6.11. The van der Waals surface area contributed by atoms with Gasteiger partial charge in [-0.1, -0.05) is 12.1 Å². The van der Waals surface area contributed by atoms with Gasteiger partial charge in [0.25, 0.3) is 0 Å². The molecule has 3 rings (SSSR count). The van der Waals surface area contributed by atoms with Gasteiger partial charge >= 0.3 is 0 Å². The lowest BCUT2D eigenvalue weighted by molar-refractivity contribution is 0.122. The van der Waals surface area contributed by atoms with Crippen molar-refractivity contribution in [1.29, 1.82) is 0 Å². The zero-order valence-electron chi connectivity index (χ0n) is 14.4. The summed E-state index contributed by atoms with van der Waals surface area (Å²) in [6, 6.07) is 15.0. The summed E-state index contributed by atoms with van der Waals surface area (Å²) in [4.78, 5) is 2.66. The van der Waals surface area contributed by atoms with Crippen LogP contribution in [0.2, 0.25) is 0 Å². The molecule has 134 valence electrons. The van der Waals surface area contributed by atoms with Crippen LogP contribution in [0.25, 0.3) is 0 Å². The fourth-order valence-corrected chi connectivity index (χ4v) is 4.18. The molecule has 0 aromatic heterocycles. The van der Waals surface area contributed by atoms with E-state index in [4.69, 9.17) is 4.74 Å². The van der Waals surface area contributed by atoms with Crippen molar-refractivity contribution >= 4 is 21.2 Å². The Kier molecular flexibility index (Phi) is 5.60. The van der Waals surface area contributed by atoms with Gasteiger partial charge < -0.3 is 15.0 Å². The third-order valence-corrected chi connectivity index (χ3v) is 6.21. The summed E-state index contributed by atoms with van der Waals surface area (Å²) in [5.74, 6) is 0.114. The first-order chi connectivity index (χ1) is 12.1. The average molecular weight is 360 g/mol. The van der Waals surface area contributed by atoms with E-state index in [1.165, 1.54) is 0 Å². The highest BCUT2D eigenvalue weighted by atomic mass is 32.2. The van der Waals surface area contributed by atoms with Crippen LogP contribution in [0.5, 0.6) is 0 Å². The Morgan fingerprint density at radius 2 is 1.64 bits per heavy atom. The molecule has 0 radical (unpaired) electrons. The predicted molar refractivity (Wildman–Crippen MR) is 101 cm³/mol. The molecular formula is C19H24N2O3S. The minimum Gasteiger partial charge on any atom is -0.388 e. The molecule has 2 aromatic carbocycles. The maximum atomic E-state index is 12.5. The number of benzene rings is 2. The van der Waals surface area contributed by atoms with E-state index in [0.29, 0.717) is 11.3 Å². The minimum absolute atomic E-state index is 0.114. The van der Waals surface area contributed by atoms with Gasteiger partial charge in [-0.3, -0.25) is 0 Å². The first-order valence-electron chi connectivity index (χ1n) is 8.51. The molecule has 0 bridgehead atoms. The maximum absolute atomic E-state index is 12.5. The normalized spacial score (nSPS) is 15.2. The van der Waals surface area contributed by atoms with Gasteiger partial charge in [0.15, 0.2) is 9.84 Å². The molecule has 0 atom stereocenters. The highest BCUT2D eigenvalue weighted by molar-refractivity contribution is 7.91. The molecule has 0 amide bonds. The highest BCUT2D eigenvalue weighted by Crippen LogP contribution is 2.19. The number of anilines is 2. The van der Waals surface area contributed by atoms with Crippen LogP contribution in [-0.4, -0.2) is 47.5 Å². The number of sulfone groups is 1. The van der Waals surface area contributed by atoms with Crippen molar-refractivity contribution in [3.8, 4) is 0 Å². The summed E-state index contributed by atoms with van der Waals surface area (Å²) in [5.41, 5.74) is 3.10. The second kappa shape index (κ2) is 7.89. The first kappa shape index (κ1) is 17.8. The van der Waals surface area contributed by atoms with Crippen molar-refractivity contribution in [1.82, 2.24) is 0 Å². The fraction of sp³-hybridized carbons (Fsp3) is 0.368. The topological polar surface area (TPSA) is 58.6 Å². The number of nitrogens with one attached hydrogen (secondary N) is 1. The quantitative estimate of drug-likeness (QED) is 0.858. The standard InChI is InChI=1S/C19H24N2O3S/c1-20-17-4-8-19(9-5-17)25(22,23)15-10-16-2-6-18(7-3-16)21-11-13-24-14-12-21/h2-9,20H,10-15H2,1H3. The monoisotopic (exact) mass is 360 g/mol. The summed E-state index contributed by atoms with van der Waals surface area (Å²) in [5, 5.41) is 2.99. The minimum atomic E-state index is -3.27. The van der Waals surface area contributed by atoms with Crippen molar-refractivity contribution in [2.45, 2.75) is 11.3 Å². The molecule has 1 fully saturated rings. The van der Waals surface area contributed by atoms with Crippen LogP contribution >= 0.6 is 0 Å². The molecule has 1 aliphatic heterocycles. The lowest BCUT2D eigenvalue weighted by atomic mass is 10.1. The maximum Gasteiger partial charge on any atom is 0.178 e. The fourth-order valence-electron chi connectivity index (χ4n) is 2.89. The summed E-state index contributed by atoms with van der Waals surface area (Å²) in [7, 11) is -1.46. The van der Waals surface area contributed by atoms with Crippen LogP contribution in [0.4, 0.5) is 11.4 Å². The van der Waals surface area contributed by atoms with Gasteiger partial charge in [0.1, 0.15) is 0 Å². The van der Waals surface area contributed by atoms with Crippen LogP contribution in [0.15, 0.2) is 53.4 Å². The molecule has 0 aliphatic carbocycles. The predicted octanol–water partition coefficient (Wildman–Crippen LogP) is 2.58. The Hall–Kier alpha value is -2.05. The van der Waals surface area contributed by atoms with Crippen molar-refractivity contribution < 1.29 is 13.2 Å². The van der Waals surface area contributed by atoms with Gasteiger partial charge in [-0.15, -0.1) is 0 Å². The Morgan fingerprint density at radius 1 is 1.00 bits per heavy atom. The Morgan fingerprint density at radius 3 is 2.24 bits per heavy atom. The molecule has 0 spiro atoms. The van der Waals surface area contributed by atoms with Gasteiger partial charge in [0.2, 0.25) is 0 Å². The van der Waals surface area contributed by atoms with E-state index in [0.717, 1.165) is 43.2 Å². The third kappa shape index (κ3) is 4.52. The van der Waals surface area contributed by atoms with E-state index in [1.807, 2.05) is 19.2 Å². The Labute approximate surface area is 149 Å². The number of rotatable bonds is 6. The van der Waals surface area contributed by atoms with E-state index in [-0.39, 0.29) is 5.75 Å². The molecule has 1 saturated heterocycles. The van der Waals surface area contributed by atoms with Crippen molar-refractivity contribution in [2.24, 2.45) is 0 Å². The van der Waals surface area contributed by atoms with Crippen LogP contribution < -0.4 is 10.2 Å². The lowest BCUT2D eigenvalue weighted by Crippen LogP contribution is -2.36. The van der Waals surface area contributed by atoms with Crippen LogP contribution in [0.3, 0.4) is 0 Å². The largest absolute Gasteiger partial charge is 0.388 e. The molecule has 1 aliphatic rings. The average Bonchev–Trinajstić information content (AvgIpc) is 2.67. The van der Waals surface area contributed by atoms with Crippen molar-refractivity contribution in [2.75, 3.05) is 49.3 Å². The molecule has 1 N–H and O–H groups in total. The zero-order valence-corrected chi connectivity index (χ0v) is 15.3. The Bertz CT molecular complexity index is 780. The number of hydrogen-bond donors (Lipinski definition) is 1. The van der Waals surface area contributed by atoms with E-state index >= 15 is 0 Å². The summed E-state index contributed by atoms with van der Waals surface area (Å²) in [6.07, 6.45) is 0.513. The summed E-state index contributed by atoms with van der Waals surface area (Å²) >= 11 is 0. The zero-order chi connectivity index (χ0) is 17.7. The van der Waals surface area contributed by atoms with Crippen LogP contribution in [0.1, 0.15) is 5.56 Å². The first-order valence-corrected chi connectivity index (χ1v) is 10.2. The molecule has 6 heteroatoms. The van der Waals surface area contributed by atoms with E-state index in [2.05, 4.69) is 22.3 Å². The van der Waals surface area contributed by atoms with E-state index in [1.54, 1.807) is 24.3 Å². The molecule has 1 heterocycles. The summed E-state index contributed by atoms with van der Waals surface area (Å²) < 4.78 is 30.3. The Balaban J connectivity index is 1.61. The van der Waals surface area contributed by atoms with E-state index < -0.39 is 9.84 Å². The van der Waals surface area contributed by atoms with Gasteiger partial charge in [0, 0.05) is 31.5 Å². The third-order valence-electron chi connectivity index (χ3n) is 4.47. The van der Waals surface area contributed by atoms with Crippen LogP contribution in [0, 0.1) is 0 Å². The molecule has 0 saturated carbocycles. The SMILES string of the molecule is CNc1ccc(S(=O)(=O)CCc2ccc(N3CCOCC3)cc2)cc1. The number of ether oxygens (including phenoxy) is 1. The van der Waals surface area contributed by atoms with Gasteiger partial charge in [-0.2, -0.15) is 0 Å². The number of aryl methyl sites for hydroxylation is 1. The molecule has 5 nitrogen and oxygen atoms in total. The van der Waals surface area contributed by atoms with Gasteiger partial charge in [0.05, 0.1) is 23.9 Å². The second-order valence-corrected chi connectivity index (χ2v) is 8.22. The molecule has 0 unspecified atom stereocenters. The smallest absolute Gasteiger partial charge is 0.178 e. The number of hydrogen-bond acceptors (Lipinski definition) is 5. The highest BCUT2D eigenvalue weighted by Gasteiger charge is 2.15. The van der Waals surface area contributed by atoms with Gasteiger partial charge in [-0.25, -0.2) is 8.42 Å². The van der Waals surface area contributed by atoms with Crippen LogP contribution in [-0.2, 0) is 21.0 Å². The van der Waals surface area contributed by atoms with E-state index in [9.17, 15) is 8.42 Å². The van der Waals surface area contributed by atoms with Crippen molar-refractivity contribution in [3.63, 3.8) is 0 Å².